The molecular formula is C11H16O. The van der Waals surface area contributed by atoms with Crippen LogP contribution in [0.2, 0.25) is 0 Å². The largest absolute Gasteiger partial charge is 0.300 e. The fraction of sp³-hybridized carbons (Fsp3) is 0.545. The number of hydrogen-bond donors (Lipinski definition) is 0. The molecule has 0 unspecified atom stereocenters. The summed E-state index contributed by atoms with van der Waals surface area (Å²) in [4.78, 5) is 10.9. The lowest BCUT2D eigenvalue weighted by molar-refractivity contribution is -0.116. The molecule has 0 atom stereocenters. The molecule has 1 heteroatoms. The van der Waals surface area contributed by atoms with E-state index in [1.807, 2.05) is 0 Å². The fourth-order valence-electron chi connectivity index (χ4n) is 1.66. The van der Waals surface area contributed by atoms with E-state index in [9.17, 15) is 4.79 Å². The van der Waals surface area contributed by atoms with E-state index < -0.39 is 0 Å². The standard InChI is InChI=1S/C11H16O/c1-8-5-4-6-9(2)11(8)7-10(3)12/h5H,4,6-7H2,1-3H3. The van der Waals surface area contributed by atoms with Crippen molar-refractivity contribution in [2.24, 2.45) is 0 Å². The van der Waals surface area contributed by atoms with Crippen LogP contribution >= 0.6 is 0 Å². The lowest BCUT2D eigenvalue weighted by Crippen LogP contribution is -2.01. The first-order valence-electron chi connectivity index (χ1n) is 4.46. The zero-order chi connectivity index (χ0) is 9.14. The molecule has 0 saturated carbocycles. The minimum atomic E-state index is 0.263. The molecule has 0 aromatic rings. The molecule has 66 valence electrons. The Hall–Kier alpha value is -0.850. The molecule has 0 spiro atoms. The maximum atomic E-state index is 10.9. The molecule has 1 aliphatic carbocycles. The summed E-state index contributed by atoms with van der Waals surface area (Å²) in [6.07, 6.45) is 5.11. The van der Waals surface area contributed by atoms with Gasteiger partial charge in [0.25, 0.3) is 0 Å². The van der Waals surface area contributed by atoms with Gasteiger partial charge in [-0.1, -0.05) is 17.2 Å². The van der Waals surface area contributed by atoms with Crippen molar-refractivity contribution in [1.82, 2.24) is 0 Å². The van der Waals surface area contributed by atoms with Crippen LogP contribution in [-0.4, -0.2) is 5.78 Å². The van der Waals surface area contributed by atoms with Crippen molar-refractivity contribution >= 4 is 5.78 Å². The molecule has 1 rings (SSSR count). The van der Waals surface area contributed by atoms with Gasteiger partial charge in [-0.25, -0.2) is 0 Å². The molecule has 0 bridgehead atoms. The summed E-state index contributed by atoms with van der Waals surface area (Å²) >= 11 is 0. The second-order valence-electron chi connectivity index (χ2n) is 3.56. The van der Waals surface area contributed by atoms with Gasteiger partial charge in [0, 0.05) is 6.42 Å². The summed E-state index contributed by atoms with van der Waals surface area (Å²) < 4.78 is 0. The summed E-state index contributed by atoms with van der Waals surface area (Å²) in [7, 11) is 0. The second-order valence-corrected chi connectivity index (χ2v) is 3.56. The highest BCUT2D eigenvalue weighted by Gasteiger charge is 2.10. The number of Topliss-reactive ketones (excluding diaryl/α,β-unsaturated/α-hetero) is 1. The quantitative estimate of drug-likeness (QED) is 0.613. The first-order chi connectivity index (χ1) is 5.61. The van der Waals surface area contributed by atoms with Crippen LogP contribution in [0.5, 0.6) is 0 Å². The van der Waals surface area contributed by atoms with Gasteiger partial charge in [0.1, 0.15) is 5.78 Å². The van der Waals surface area contributed by atoms with Gasteiger partial charge in [-0.15, -0.1) is 0 Å². The smallest absolute Gasteiger partial charge is 0.134 e. The van der Waals surface area contributed by atoms with E-state index in [-0.39, 0.29) is 5.78 Å². The zero-order valence-corrected chi connectivity index (χ0v) is 8.11. The van der Waals surface area contributed by atoms with Gasteiger partial charge >= 0.3 is 0 Å². The van der Waals surface area contributed by atoms with E-state index in [1.54, 1.807) is 6.92 Å². The molecular weight excluding hydrogens is 148 g/mol. The number of allylic oxidation sites excluding steroid dienone is 4. The van der Waals surface area contributed by atoms with E-state index in [4.69, 9.17) is 0 Å². The molecule has 0 fully saturated rings. The third-order valence-corrected chi connectivity index (χ3v) is 2.39. The Morgan fingerprint density at radius 1 is 1.50 bits per heavy atom. The summed E-state index contributed by atoms with van der Waals surface area (Å²) in [5.74, 6) is 0.263. The minimum Gasteiger partial charge on any atom is -0.300 e. The predicted octanol–water partition coefficient (Wildman–Crippen LogP) is 3.02. The van der Waals surface area contributed by atoms with E-state index in [2.05, 4.69) is 19.9 Å². The summed E-state index contributed by atoms with van der Waals surface area (Å²) in [6, 6.07) is 0. The van der Waals surface area contributed by atoms with Crippen LogP contribution in [0, 0.1) is 0 Å². The average Bonchev–Trinajstić information content (AvgIpc) is 1.97. The van der Waals surface area contributed by atoms with Crippen molar-refractivity contribution in [2.75, 3.05) is 0 Å². The molecule has 0 radical (unpaired) electrons. The highest BCUT2D eigenvalue weighted by molar-refractivity contribution is 5.79. The third-order valence-electron chi connectivity index (χ3n) is 2.39. The summed E-state index contributed by atoms with van der Waals surface area (Å²) in [5, 5.41) is 0. The molecule has 0 heterocycles. The molecule has 0 N–H and O–H groups in total. The van der Waals surface area contributed by atoms with Crippen molar-refractivity contribution in [3.63, 3.8) is 0 Å². The SMILES string of the molecule is CC(=O)CC1=C(C)CCC=C1C. The van der Waals surface area contributed by atoms with Gasteiger partial charge in [0.2, 0.25) is 0 Å². The first kappa shape index (κ1) is 9.24. The number of rotatable bonds is 2. The Balaban J connectivity index is 2.83. The van der Waals surface area contributed by atoms with Crippen molar-refractivity contribution in [3.05, 3.63) is 22.8 Å². The van der Waals surface area contributed by atoms with E-state index in [0.717, 1.165) is 12.8 Å². The van der Waals surface area contributed by atoms with E-state index in [0.29, 0.717) is 6.42 Å². The maximum Gasteiger partial charge on any atom is 0.134 e. The Labute approximate surface area is 74.2 Å². The molecule has 0 aromatic carbocycles. The van der Waals surface area contributed by atoms with Gasteiger partial charge in [0.05, 0.1) is 0 Å². The predicted molar refractivity (Wildman–Crippen MR) is 51.0 cm³/mol. The average molecular weight is 164 g/mol. The number of ketones is 1. The van der Waals surface area contributed by atoms with Crippen LogP contribution in [0.1, 0.15) is 40.0 Å². The van der Waals surface area contributed by atoms with Crippen molar-refractivity contribution in [1.29, 1.82) is 0 Å². The van der Waals surface area contributed by atoms with Gasteiger partial charge in [-0.05, 0) is 39.2 Å². The lowest BCUT2D eigenvalue weighted by Gasteiger charge is -2.16. The topological polar surface area (TPSA) is 17.1 Å². The lowest BCUT2D eigenvalue weighted by atomic mass is 9.90. The Morgan fingerprint density at radius 2 is 2.17 bits per heavy atom. The van der Waals surface area contributed by atoms with E-state index in [1.165, 1.54) is 16.7 Å². The van der Waals surface area contributed by atoms with Crippen LogP contribution in [0.3, 0.4) is 0 Å². The van der Waals surface area contributed by atoms with Gasteiger partial charge in [0.15, 0.2) is 0 Å². The maximum absolute atomic E-state index is 10.9. The second kappa shape index (κ2) is 3.70. The molecule has 12 heavy (non-hydrogen) atoms. The number of carbonyl (C=O) groups excluding carboxylic acids is 1. The third kappa shape index (κ3) is 2.07. The minimum absolute atomic E-state index is 0.263. The monoisotopic (exact) mass is 164 g/mol. The Morgan fingerprint density at radius 3 is 2.67 bits per heavy atom. The normalized spacial score (nSPS) is 17.8. The van der Waals surface area contributed by atoms with Crippen molar-refractivity contribution in [2.45, 2.75) is 40.0 Å². The van der Waals surface area contributed by atoms with Crippen LogP contribution in [0.4, 0.5) is 0 Å². The van der Waals surface area contributed by atoms with Gasteiger partial charge < -0.3 is 0 Å². The molecule has 0 aromatic heterocycles. The first-order valence-corrected chi connectivity index (χ1v) is 4.46. The van der Waals surface area contributed by atoms with Crippen LogP contribution in [-0.2, 0) is 4.79 Å². The highest BCUT2D eigenvalue weighted by Crippen LogP contribution is 2.26. The van der Waals surface area contributed by atoms with E-state index >= 15 is 0 Å². The number of carbonyl (C=O) groups is 1. The fourth-order valence-corrected chi connectivity index (χ4v) is 1.66. The van der Waals surface area contributed by atoms with Gasteiger partial charge in [-0.3, -0.25) is 4.79 Å². The Bertz CT molecular complexity index is 256. The zero-order valence-electron chi connectivity index (χ0n) is 8.11. The Kier molecular flexibility index (Phi) is 2.85. The van der Waals surface area contributed by atoms with Crippen molar-refractivity contribution in [3.8, 4) is 0 Å². The highest BCUT2D eigenvalue weighted by atomic mass is 16.1. The molecule has 0 aliphatic heterocycles. The van der Waals surface area contributed by atoms with Crippen LogP contribution < -0.4 is 0 Å². The van der Waals surface area contributed by atoms with Crippen LogP contribution in [0.25, 0.3) is 0 Å². The van der Waals surface area contributed by atoms with Gasteiger partial charge in [-0.2, -0.15) is 0 Å². The molecule has 1 aliphatic rings. The summed E-state index contributed by atoms with van der Waals surface area (Å²) in [6.45, 7) is 5.89. The molecule has 1 nitrogen and oxygen atoms in total. The number of hydrogen-bond acceptors (Lipinski definition) is 1. The molecule has 0 amide bonds. The molecule has 0 saturated heterocycles. The summed E-state index contributed by atoms with van der Waals surface area (Å²) in [5.41, 5.74) is 3.97. The van der Waals surface area contributed by atoms with Crippen LogP contribution in [0.15, 0.2) is 22.8 Å². The van der Waals surface area contributed by atoms with Crippen molar-refractivity contribution < 1.29 is 4.79 Å².